The Bertz CT molecular complexity index is 396. The van der Waals surface area contributed by atoms with E-state index in [1.807, 2.05) is 6.92 Å². The lowest BCUT2D eigenvalue weighted by atomic mass is 10.1. The zero-order chi connectivity index (χ0) is 14.4. The molecule has 0 aromatic heterocycles. The number of nitrogens with one attached hydrogen (secondary N) is 1. The Morgan fingerprint density at radius 3 is 2.58 bits per heavy atom. The van der Waals surface area contributed by atoms with Crippen LogP contribution in [0.4, 0.5) is 4.39 Å². The van der Waals surface area contributed by atoms with E-state index in [2.05, 4.69) is 12.2 Å². The average molecular weight is 269 g/mol. The zero-order valence-electron chi connectivity index (χ0n) is 12.1. The number of aliphatic hydroxyl groups excluding tert-OH is 1. The van der Waals surface area contributed by atoms with E-state index in [0.717, 1.165) is 18.5 Å². The van der Waals surface area contributed by atoms with Crippen LogP contribution in [0, 0.1) is 5.82 Å². The monoisotopic (exact) mass is 269 g/mol. The molecule has 2 N–H and O–H groups in total. The summed E-state index contributed by atoms with van der Waals surface area (Å²) in [5.41, 5.74) is 0.905. The van der Waals surface area contributed by atoms with Gasteiger partial charge in [-0.3, -0.25) is 0 Å². The van der Waals surface area contributed by atoms with Gasteiger partial charge in [0.2, 0.25) is 0 Å². The summed E-state index contributed by atoms with van der Waals surface area (Å²) in [6.07, 6.45) is 0.0557. The summed E-state index contributed by atoms with van der Waals surface area (Å²) in [5.74, 6) is 0.156. The SMILES string of the molecule is CCCNC(C)c1ccc(F)cc1OC(C)C(C)O. The first-order valence-electron chi connectivity index (χ1n) is 6.83. The van der Waals surface area contributed by atoms with Gasteiger partial charge in [-0.2, -0.15) is 0 Å². The molecule has 1 aromatic carbocycles. The van der Waals surface area contributed by atoms with E-state index in [1.165, 1.54) is 12.1 Å². The normalized spacial score (nSPS) is 15.9. The lowest BCUT2D eigenvalue weighted by molar-refractivity contribution is 0.0593. The molecule has 0 saturated carbocycles. The van der Waals surface area contributed by atoms with Crippen molar-refractivity contribution < 1.29 is 14.2 Å². The first-order chi connectivity index (χ1) is 8.95. The van der Waals surface area contributed by atoms with Crippen LogP contribution in [0.1, 0.15) is 45.7 Å². The fourth-order valence-electron chi connectivity index (χ4n) is 1.74. The molecule has 0 fully saturated rings. The van der Waals surface area contributed by atoms with Gasteiger partial charge < -0.3 is 15.2 Å². The topological polar surface area (TPSA) is 41.5 Å². The molecule has 0 bridgehead atoms. The Morgan fingerprint density at radius 2 is 2.00 bits per heavy atom. The molecular weight excluding hydrogens is 245 g/mol. The molecule has 19 heavy (non-hydrogen) atoms. The van der Waals surface area contributed by atoms with Crippen LogP contribution in [0.3, 0.4) is 0 Å². The van der Waals surface area contributed by atoms with E-state index in [0.29, 0.717) is 5.75 Å². The summed E-state index contributed by atoms with van der Waals surface area (Å²) < 4.78 is 19.0. The van der Waals surface area contributed by atoms with E-state index >= 15 is 0 Å². The van der Waals surface area contributed by atoms with Crippen molar-refractivity contribution in [3.63, 3.8) is 0 Å². The standard InChI is InChI=1S/C15H24FNO2/c1-5-8-17-10(2)14-7-6-13(16)9-15(14)19-12(4)11(3)18/h6-7,9-12,17-18H,5,8H2,1-4H3. The predicted molar refractivity (Wildman–Crippen MR) is 74.9 cm³/mol. The zero-order valence-corrected chi connectivity index (χ0v) is 12.1. The van der Waals surface area contributed by atoms with Crippen molar-refractivity contribution in [2.75, 3.05) is 6.54 Å². The van der Waals surface area contributed by atoms with Crippen molar-refractivity contribution in [3.8, 4) is 5.75 Å². The van der Waals surface area contributed by atoms with Crippen molar-refractivity contribution >= 4 is 0 Å². The van der Waals surface area contributed by atoms with E-state index in [4.69, 9.17) is 4.74 Å². The molecule has 0 spiro atoms. The third-order valence-corrected chi connectivity index (χ3v) is 3.13. The number of benzene rings is 1. The molecular formula is C15H24FNO2. The lowest BCUT2D eigenvalue weighted by Crippen LogP contribution is -2.27. The number of halogens is 1. The van der Waals surface area contributed by atoms with Gasteiger partial charge in [0.25, 0.3) is 0 Å². The molecule has 108 valence electrons. The molecule has 0 aliphatic rings. The van der Waals surface area contributed by atoms with Gasteiger partial charge in [-0.15, -0.1) is 0 Å². The van der Waals surface area contributed by atoms with Gasteiger partial charge >= 0.3 is 0 Å². The van der Waals surface area contributed by atoms with E-state index in [9.17, 15) is 9.50 Å². The quantitative estimate of drug-likeness (QED) is 0.799. The maximum absolute atomic E-state index is 13.4. The van der Waals surface area contributed by atoms with E-state index in [1.54, 1.807) is 19.9 Å². The van der Waals surface area contributed by atoms with Crippen LogP contribution in [0.15, 0.2) is 18.2 Å². The van der Waals surface area contributed by atoms with Gasteiger partial charge in [0.1, 0.15) is 17.7 Å². The summed E-state index contributed by atoms with van der Waals surface area (Å²) in [6, 6.07) is 4.61. The van der Waals surface area contributed by atoms with Crippen molar-refractivity contribution in [1.82, 2.24) is 5.32 Å². The number of hydrogen-bond donors (Lipinski definition) is 2. The molecule has 3 nitrogen and oxygen atoms in total. The second kappa shape index (κ2) is 7.46. The summed E-state index contributed by atoms with van der Waals surface area (Å²) in [5, 5.41) is 12.8. The van der Waals surface area contributed by atoms with Crippen LogP contribution in [0.5, 0.6) is 5.75 Å². The lowest BCUT2D eigenvalue weighted by Gasteiger charge is -2.22. The number of ether oxygens (including phenoxy) is 1. The molecule has 1 rings (SSSR count). The summed E-state index contributed by atoms with van der Waals surface area (Å²) in [4.78, 5) is 0. The highest BCUT2D eigenvalue weighted by Crippen LogP contribution is 2.27. The van der Waals surface area contributed by atoms with Crippen molar-refractivity contribution in [2.45, 2.75) is 52.4 Å². The summed E-state index contributed by atoms with van der Waals surface area (Å²) in [7, 11) is 0. The molecule has 0 radical (unpaired) electrons. The molecule has 3 unspecified atom stereocenters. The van der Waals surface area contributed by atoms with Crippen molar-refractivity contribution in [3.05, 3.63) is 29.6 Å². The molecule has 0 saturated heterocycles. The summed E-state index contributed by atoms with van der Waals surface area (Å²) in [6.45, 7) is 8.43. The van der Waals surface area contributed by atoms with E-state index in [-0.39, 0.29) is 18.0 Å². The third-order valence-electron chi connectivity index (χ3n) is 3.13. The third kappa shape index (κ3) is 4.80. The van der Waals surface area contributed by atoms with Crippen LogP contribution < -0.4 is 10.1 Å². The average Bonchev–Trinajstić information content (AvgIpc) is 2.36. The van der Waals surface area contributed by atoms with Crippen LogP contribution >= 0.6 is 0 Å². The fraction of sp³-hybridized carbons (Fsp3) is 0.600. The second-order valence-electron chi connectivity index (χ2n) is 4.92. The minimum atomic E-state index is -0.602. The largest absolute Gasteiger partial charge is 0.488 e. The number of rotatable bonds is 7. The fourth-order valence-corrected chi connectivity index (χ4v) is 1.74. The van der Waals surface area contributed by atoms with E-state index < -0.39 is 6.10 Å². The summed E-state index contributed by atoms with van der Waals surface area (Å²) >= 11 is 0. The number of hydrogen-bond acceptors (Lipinski definition) is 3. The maximum Gasteiger partial charge on any atom is 0.127 e. The molecule has 0 aliphatic carbocycles. The van der Waals surface area contributed by atoms with Gasteiger partial charge in [-0.05, 0) is 39.8 Å². The van der Waals surface area contributed by atoms with Crippen molar-refractivity contribution in [1.29, 1.82) is 0 Å². The predicted octanol–water partition coefficient (Wildman–Crippen LogP) is 3.03. The highest BCUT2D eigenvalue weighted by Gasteiger charge is 2.16. The smallest absolute Gasteiger partial charge is 0.127 e. The van der Waals surface area contributed by atoms with Gasteiger partial charge in [-0.1, -0.05) is 13.0 Å². The first kappa shape index (κ1) is 15.9. The Balaban J connectivity index is 2.90. The minimum absolute atomic E-state index is 0.0803. The number of aliphatic hydroxyl groups is 1. The molecule has 0 aliphatic heterocycles. The van der Waals surface area contributed by atoms with Crippen LogP contribution in [0.25, 0.3) is 0 Å². The van der Waals surface area contributed by atoms with Crippen LogP contribution in [0.2, 0.25) is 0 Å². The maximum atomic E-state index is 13.4. The van der Waals surface area contributed by atoms with Gasteiger partial charge in [-0.25, -0.2) is 4.39 Å². The van der Waals surface area contributed by atoms with Crippen LogP contribution in [-0.4, -0.2) is 23.9 Å². The van der Waals surface area contributed by atoms with Crippen molar-refractivity contribution in [2.24, 2.45) is 0 Å². The Kier molecular flexibility index (Phi) is 6.25. The van der Waals surface area contributed by atoms with Gasteiger partial charge in [0, 0.05) is 17.7 Å². The first-order valence-corrected chi connectivity index (χ1v) is 6.83. The van der Waals surface area contributed by atoms with Gasteiger partial charge in [0.15, 0.2) is 0 Å². The van der Waals surface area contributed by atoms with Gasteiger partial charge in [0.05, 0.1) is 6.10 Å². The van der Waals surface area contributed by atoms with Crippen LogP contribution in [-0.2, 0) is 0 Å². The molecule has 3 atom stereocenters. The molecule has 0 amide bonds. The Morgan fingerprint density at radius 1 is 1.32 bits per heavy atom. The molecule has 4 heteroatoms. The molecule has 0 heterocycles. The second-order valence-corrected chi connectivity index (χ2v) is 4.92. The highest BCUT2D eigenvalue weighted by molar-refractivity contribution is 5.36. The Hall–Kier alpha value is -1.13. The highest BCUT2D eigenvalue weighted by atomic mass is 19.1. The Labute approximate surface area is 114 Å². The molecule has 1 aromatic rings. The minimum Gasteiger partial charge on any atom is -0.488 e.